The highest BCUT2D eigenvalue weighted by atomic mass is 16.2. The molecule has 1 aliphatic heterocycles. The first-order valence-electron chi connectivity index (χ1n) is 7.22. The summed E-state index contributed by atoms with van der Waals surface area (Å²) in [6.07, 6.45) is 7.45. The normalized spacial score (nSPS) is 18.2. The Morgan fingerprint density at radius 3 is 2.95 bits per heavy atom. The Labute approximate surface area is 123 Å². The summed E-state index contributed by atoms with van der Waals surface area (Å²) in [7, 11) is 0. The van der Waals surface area contributed by atoms with Gasteiger partial charge in [0.25, 0.3) is 0 Å². The zero-order valence-electron chi connectivity index (χ0n) is 12.3. The van der Waals surface area contributed by atoms with Crippen molar-refractivity contribution in [3.05, 3.63) is 41.2 Å². The van der Waals surface area contributed by atoms with Gasteiger partial charge in [0, 0.05) is 30.2 Å². The molecule has 0 aliphatic carbocycles. The first kappa shape index (κ1) is 13.7. The van der Waals surface area contributed by atoms with Crippen molar-refractivity contribution in [1.82, 2.24) is 25.1 Å². The van der Waals surface area contributed by atoms with Crippen molar-refractivity contribution in [1.29, 1.82) is 0 Å². The Hall–Kier alpha value is -2.24. The number of aromatic nitrogens is 4. The van der Waals surface area contributed by atoms with Gasteiger partial charge in [-0.1, -0.05) is 0 Å². The highest BCUT2D eigenvalue weighted by molar-refractivity contribution is 5.80. The zero-order chi connectivity index (χ0) is 14.8. The molecular formula is C15H19N5O. The lowest BCUT2D eigenvalue weighted by Gasteiger charge is -2.24. The Morgan fingerprint density at radius 2 is 2.29 bits per heavy atom. The third-order valence-electron chi connectivity index (χ3n) is 4.11. The van der Waals surface area contributed by atoms with Crippen LogP contribution in [-0.2, 0) is 11.2 Å². The fourth-order valence-corrected chi connectivity index (χ4v) is 2.94. The molecule has 6 nitrogen and oxygen atoms in total. The molecule has 0 bridgehead atoms. The first-order chi connectivity index (χ1) is 10.2. The van der Waals surface area contributed by atoms with E-state index >= 15 is 0 Å². The minimum absolute atomic E-state index is 0.0544. The maximum absolute atomic E-state index is 12.6. The number of likely N-dealkylation sites (tertiary alicyclic amines) is 1. The molecule has 0 saturated carbocycles. The molecule has 2 aromatic heterocycles. The van der Waals surface area contributed by atoms with Crippen LogP contribution in [0.5, 0.6) is 0 Å². The van der Waals surface area contributed by atoms with Gasteiger partial charge in [0.2, 0.25) is 5.91 Å². The average Bonchev–Trinajstić information content (AvgIpc) is 3.10. The molecule has 3 rings (SSSR count). The number of hydrogen-bond donors (Lipinski definition) is 1. The molecule has 1 amide bonds. The molecule has 1 fully saturated rings. The van der Waals surface area contributed by atoms with Crippen molar-refractivity contribution in [2.24, 2.45) is 0 Å². The van der Waals surface area contributed by atoms with Gasteiger partial charge in [-0.05, 0) is 26.7 Å². The van der Waals surface area contributed by atoms with E-state index in [1.807, 2.05) is 18.7 Å². The van der Waals surface area contributed by atoms with E-state index in [0.29, 0.717) is 6.42 Å². The van der Waals surface area contributed by atoms with Crippen molar-refractivity contribution in [3.63, 3.8) is 0 Å². The molecule has 1 saturated heterocycles. The van der Waals surface area contributed by atoms with Crippen LogP contribution < -0.4 is 0 Å². The van der Waals surface area contributed by atoms with Crippen LogP contribution in [0.2, 0.25) is 0 Å². The van der Waals surface area contributed by atoms with Crippen molar-refractivity contribution in [2.75, 3.05) is 6.54 Å². The molecule has 0 unspecified atom stereocenters. The van der Waals surface area contributed by atoms with E-state index in [2.05, 4.69) is 20.2 Å². The number of H-pyrrole nitrogens is 1. The number of carbonyl (C=O) groups is 1. The molecule has 110 valence electrons. The highest BCUT2D eigenvalue weighted by Gasteiger charge is 2.31. The van der Waals surface area contributed by atoms with Crippen LogP contribution >= 0.6 is 0 Å². The molecule has 0 spiro atoms. The van der Waals surface area contributed by atoms with Gasteiger partial charge in [-0.3, -0.25) is 19.9 Å². The SMILES string of the molecule is Cc1n[nH]c(C)c1CC(=O)N1CCC[C@H]1c1cnccn1. The summed E-state index contributed by atoms with van der Waals surface area (Å²) >= 11 is 0. The second-order valence-electron chi connectivity index (χ2n) is 5.46. The van der Waals surface area contributed by atoms with E-state index in [-0.39, 0.29) is 11.9 Å². The number of amides is 1. The number of nitrogens with one attached hydrogen (secondary N) is 1. The maximum Gasteiger partial charge on any atom is 0.227 e. The Balaban J connectivity index is 1.78. The lowest BCUT2D eigenvalue weighted by Crippen LogP contribution is -2.32. The second kappa shape index (κ2) is 5.63. The minimum Gasteiger partial charge on any atom is -0.334 e. The summed E-state index contributed by atoms with van der Waals surface area (Å²) in [5.41, 5.74) is 3.75. The largest absolute Gasteiger partial charge is 0.334 e. The van der Waals surface area contributed by atoms with E-state index in [0.717, 1.165) is 42.0 Å². The maximum atomic E-state index is 12.6. The summed E-state index contributed by atoms with van der Waals surface area (Å²) in [4.78, 5) is 23.0. The number of carbonyl (C=O) groups excluding carboxylic acids is 1. The zero-order valence-corrected chi connectivity index (χ0v) is 12.3. The van der Waals surface area contributed by atoms with Crippen LogP contribution in [0.3, 0.4) is 0 Å². The van der Waals surface area contributed by atoms with Gasteiger partial charge < -0.3 is 4.90 Å². The molecule has 0 aromatic carbocycles. The number of nitrogens with zero attached hydrogens (tertiary/aromatic N) is 4. The summed E-state index contributed by atoms with van der Waals surface area (Å²) in [5.74, 6) is 0.135. The molecule has 1 aliphatic rings. The number of aromatic amines is 1. The monoisotopic (exact) mass is 285 g/mol. The van der Waals surface area contributed by atoms with Crippen molar-refractivity contribution >= 4 is 5.91 Å². The van der Waals surface area contributed by atoms with Crippen LogP contribution in [0.4, 0.5) is 0 Å². The van der Waals surface area contributed by atoms with Crippen LogP contribution in [0.25, 0.3) is 0 Å². The predicted molar refractivity (Wildman–Crippen MR) is 77.5 cm³/mol. The first-order valence-corrected chi connectivity index (χ1v) is 7.22. The quantitative estimate of drug-likeness (QED) is 0.931. The molecule has 1 atom stereocenters. The predicted octanol–water partition coefficient (Wildman–Crippen LogP) is 1.72. The van der Waals surface area contributed by atoms with Gasteiger partial charge in [-0.25, -0.2) is 0 Å². The summed E-state index contributed by atoms with van der Waals surface area (Å²) in [6.45, 7) is 4.67. The number of aryl methyl sites for hydroxylation is 2. The Kier molecular flexibility index (Phi) is 3.68. The summed E-state index contributed by atoms with van der Waals surface area (Å²) < 4.78 is 0. The van der Waals surface area contributed by atoms with Crippen molar-refractivity contribution < 1.29 is 4.79 Å². The van der Waals surface area contributed by atoms with Gasteiger partial charge in [0.05, 0.1) is 30.0 Å². The summed E-state index contributed by atoms with van der Waals surface area (Å²) in [5, 5.41) is 7.09. The average molecular weight is 285 g/mol. The fraction of sp³-hybridized carbons (Fsp3) is 0.467. The van der Waals surface area contributed by atoms with Crippen LogP contribution in [-0.4, -0.2) is 37.5 Å². The van der Waals surface area contributed by atoms with E-state index in [4.69, 9.17) is 0 Å². The van der Waals surface area contributed by atoms with E-state index in [1.54, 1.807) is 18.6 Å². The smallest absolute Gasteiger partial charge is 0.227 e. The summed E-state index contributed by atoms with van der Waals surface area (Å²) in [6, 6.07) is 0.0544. The molecule has 2 aromatic rings. The molecule has 0 radical (unpaired) electrons. The lowest BCUT2D eigenvalue weighted by molar-refractivity contribution is -0.131. The van der Waals surface area contributed by atoms with Crippen molar-refractivity contribution in [3.8, 4) is 0 Å². The minimum atomic E-state index is 0.0544. The van der Waals surface area contributed by atoms with Gasteiger partial charge in [0.1, 0.15) is 0 Å². The third kappa shape index (κ3) is 2.66. The number of hydrogen-bond acceptors (Lipinski definition) is 4. The highest BCUT2D eigenvalue weighted by Crippen LogP contribution is 2.31. The van der Waals surface area contributed by atoms with E-state index < -0.39 is 0 Å². The van der Waals surface area contributed by atoms with E-state index in [1.165, 1.54) is 0 Å². The van der Waals surface area contributed by atoms with Gasteiger partial charge in [-0.2, -0.15) is 5.10 Å². The van der Waals surface area contributed by atoms with Gasteiger partial charge in [0.15, 0.2) is 0 Å². The van der Waals surface area contributed by atoms with Gasteiger partial charge >= 0.3 is 0 Å². The van der Waals surface area contributed by atoms with Crippen LogP contribution in [0.1, 0.15) is 41.5 Å². The second-order valence-corrected chi connectivity index (χ2v) is 5.46. The Morgan fingerprint density at radius 1 is 1.43 bits per heavy atom. The van der Waals surface area contributed by atoms with E-state index in [9.17, 15) is 4.79 Å². The standard InChI is InChI=1S/C15H19N5O/c1-10-12(11(2)19-18-10)8-15(21)20-7-3-4-14(20)13-9-16-5-6-17-13/h5-6,9,14H,3-4,7-8H2,1-2H3,(H,18,19)/t14-/m0/s1. The lowest BCUT2D eigenvalue weighted by atomic mass is 10.1. The molecular weight excluding hydrogens is 266 g/mol. The third-order valence-corrected chi connectivity index (χ3v) is 4.11. The van der Waals surface area contributed by atoms with Gasteiger partial charge in [-0.15, -0.1) is 0 Å². The Bertz CT molecular complexity index is 617. The fourth-order valence-electron chi connectivity index (χ4n) is 2.94. The molecule has 3 heterocycles. The van der Waals surface area contributed by atoms with Crippen molar-refractivity contribution in [2.45, 2.75) is 39.2 Å². The molecule has 6 heteroatoms. The van der Waals surface area contributed by atoms with Crippen LogP contribution in [0, 0.1) is 13.8 Å². The number of rotatable bonds is 3. The molecule has 1 N–H and O–H groups in total. The van der Waals surface area contributed by atoms with Crippen LogP contribution in [0.15, 0.2) is 18.6 Å². The topological polar surface area (TPSA) is 74.8 Å². The molecule has 21 heavy (non-hydrogen) atoms.